The topological polar surface area (TPSA) is 122 Å². The van der Waals surface area contributed by atoms with Crippen molar-refractivity contribution in [1.29, 1.82) is 0 Å². The fourth-order valence-corrected chi connectivity index (χ4v) is 5.89. The summed E-state index contributed by atoms with van der Waals surface area (Å²) < 4.78 is 5.40. The lowest BCUT2D eigenvalue weighted by atomic mass is 9.66. The minimum atomic E-state index is -2.07. The Balaban J connectivity index is 1.68. The first kappa shape index (κ1) is 25.4. The highest BCUT2D eigenvalue weighted by Gasteiger charge is 2.66. The van der Waals surface area contributed by atoms with Gasteiger partial charge in [-0.05, 0) is 30.7 Å². The summed E-state index contributed by atoms with van der Waals surface area (Å²) in [6.45, 7) is 1.55. The van der Waals surface area contributed by atoms with Gasteiger partial charge in [0, 0.05) is 11.3 Å². The number of imide groups is 1. The third-order valence-corrected chi connectivity index (χ3v) is 7.60. The zero-order valence-electron chi connectivity index (χ0n) is 21.3. The van der Waals surface area contributed by atoms with E-state index in [-0.39, 0.29) is 52.1 Å². The fraction of sp³-hybridized carbons (Fsp3) is 0.133. The summed E-state index contributed by atoms with van der Waals surface area (Å²) >= 11 is 6.46. The number of nitrogens with two attached hydrogens (primary N) is 1. The first-order chi connectivity index (χ1) is 19.3. The molecule has 200 valence electrons. The van der Waals surface area contributed by atoms with Crippen LogP contribution in [0.5, 0.6) is 0 Å². The van der Waals surface area contributed by atoms with Gasteiger partial charge in [-0.3, -0.25) is 24.2 Å². The number of anilines is 2. The molecule has 40 heavy (non-hydrogen) atoms. The predicted octanol–water partition coefficient (Wildman–Crippen LogP) is 3.61. The van der Waals surface area contributed by atoms with E-state index in [4.69, 9.17) is 22.1 Å². The molecule has 0 bridgehead atoms. The van der Waals surface area contributed by atoms with Crippen LogP contribution in [-0.2, 0) is 35.9 Å². The Labute approximate surface area is 234 Å². The highest BCUT2D eigenvalue weighted by atomic mass is 35.5. The Hall–Kier alpha value is -4.89. The van der Waals surface area contributed by atoms with Gasteiger partial charge in [-0.1, -0.05) is 72.3 Å². The van der Waals surface area contributed by atoms with Gasteiger partial charge in [0.25, 0.3) is 11.8 Å². The lowest BCUT2D eigenvalue weighted by Crippen LogP contribution is -2.51. The normalized spacial score (nSPS) is 19.8. The molecule has 6 rings (SSSR count). The van der Waals surface area contributed by atoms with Crippen LogP contribution in [0.4, 0.5) is 11.4 Å². The molecule has 1 spiro atoms. The fourth-order valence-electron chi connectivity index (χ4n) is 5.66. The second-order valence-electron chi connectivity index (χ2n) is 9.42. The van der Waals surface area contributed by atoms with Crippen molar-refractivity contribution in [3.8, 4) is 0 Å². The van der Waals surface area contributed by atoms with Crippen LogP contribution >= 0.6 is 11.6 Å². The molecular weight excluding hydrogens is 532 g/mol. The van der Waals surface area contributed by atoms with Crippen molar-refractivity contribution in [2.24, 2.45) is 5.73 Å². The van der Waals surface area contributed by atoms with Crippen LogP contribution < -0.4 is 16.0 Å². The highest BCUT2D eigenvalue weighted by Crippen LogP contribution is 2.56. The number of fused-ring (bicyclic) bond motifs is 3. The molecule has 0 aromatic heterocycles. The van der Waals surface area contributed by atoms with Crippen LogP contribution in [0.15, 0.2) is 102 Å². The number of halogens is 1. The Kier molecular flexibility index (Phi) is 5.96. The lowest BCUT2D eigenvalue weighted by molar-refractivity contribution is -0.140. The standard InChI is InChI=1S/C30H23ClN4O5/c1-2-40-28(38)22-25(32)35(18-12-7-4-8-13-18)24-21(26(36)34(27(24)37)16-17-10-5-3-6-11-17)30(22)19-14-9-15-20(31)23(19)33-29(30)39/h3-15H,2,16,32H2,1H3,(H,33,39)/t30-/m0/s1. The summed E-state index contributed by atoms with van der Waals surface area (Å²) in [6, 6.07) is 22.4. The Bertz CT molecular complexity index is 1670. The molecule has 3 N–H and O–H groups in total. The van der Waals surface area contributed by atoms with Gasteiger partial charge >= 0.3 is 5.97 Å². The maximum Gasteiger partial charge on any atom is 0.339 e. The van der Waals surface area contributed by atoms with Gasteiger partial charge in [0.05, 0.1) is 29.4 Å². The van der Waals surface area contributed by atoms with Crippen molar-refractivity contribution in [3.63, 3.8) is 0 Å². The van der Waals surface area contributed by atoms with E-state index in [1.807, 2.05) is 6.07 Å². The number of carbonyl (C=O) groups is 4. The van der Waals surface area contributed by atoms with Crippen LogP contribution in [-0.4, -0.2) is 35.2 Å². The van der Waals surface area contributed by atoms with E-state index in [1.165, 1.54) is 4.90 Å². The molecule has 0 unspecified atom stereocenters. The number of hydrogen-bond donors (Lipinski definition) is 2. The molecule has 3 heterocycles. The van der Waals surface area contributed by atoms with Gasteiger partial charge in [0.2, 0.25) is 5.91 Å². The molecule has 3 aliphatic heterocycles. The summed E-state index contributed by atoms with van der Waals surface area (Å²) in [6.07, 6.45) is 0. The number of amides is 3. The third-order valence-electron chi connectivity index (χ3n) is 7.29. The van der Waals surface area contributed by atoms with Crippen molar-refractivity contribution in [3.05, 3.63) is 118 Å². The largest absolute Gasteiger partial charge is 0.462 e. The number of para-hydroxylation sites is 2. The van der Waals surface area contributed by atoms with Crippen LogP contribution in [0.25, 0.3) is 0 Å². The quantitative estimate of drug-likeness (QED) is 0.365. The molecule has 3 aliphatic rings. The van der Waals surface area contributed by atoms with E-state index in [1.54, 1.807) is 79.7 Å². The molecular formula is C30H23ClN4O5. The molecule has 0 saturated heterocycles. The highest BCUT2D eigenvalue weighted by molar-refractivity contribution is 6.37. The maximum absolute atomic E-state index is 14.4. The Morgan fingerprint density at radius 1 is 0.950 bits per heavy atom. The average Bonchev–Trinajstić information content (AvgIpc) is 3.37. The number of nitrogens with one attached hydrogen (secondary N) is 1. The van der Waals surface area contributed by atoms with E-state index in [9.17, 15) is 19.2 Å². The number of ether oxygens (including phenoxy) is 1. The van der Waals surface area contributed by atoms with E-state index in [0.29, 0.717) is 11.3 Å². The van der Waals surface area contributed by atoms with Gasteiger partial charge < -0.3 is 15.8 Å². The number of rotatable bonds is 5. The molecule has 0 fully saturated rings. The SMILES string of the molecule is CCOC(=O)C1=C(N)N(c2ccccc2)C2=C(C(=O)N(Cc3ccccc3)C2=O)[C@]12C(=O)Nc1c(Cl)cccc12. The monoisotopic (exact) mass is 554 g/mol. The summed E-state index contributed by atoms with van der Waals surface area (Å²) in [5.41, 5.74) is 5.69. The number of carbonyl (C=O) groups excluding carboxylic acids is 4. The average molecular weight is 555 g/mol. The Morgan fingerprint density at radius 2 is 1.62 bits per heavy atom. The molecule has 1 atom stereocenters. The van der Waals surface area contributed by atoms with Gasteiger partial charge in [-0.2, -0.15) is 0 Å². The predicted molar refractivity (Wildman–Crippen MR) is 148 cm³/mol. The summed E-state index contributed by atoms with van der Waals surface area (Å²) in [5.74, 6) is -3.20. The summed E-state index contributed by atoms with van der Waals surface area (Å²) in [5, 5.41) is 2.94. The summed E-state index contributed by atoms with van der Waals surface area (Å²) in [4.78, 5) is 58.8. The maximum atomic E-state index is 14.4. The Morgan fingerprint density at radius 3 is 2.30 bits per heavy atom. The van der Waals surface area contributed by atoms with E-state index in [0.717, 1.165) is 4.90 Å². The zero-order valence-corrected chi connectivity index (χ0v) is 22.1. The van der Waals surface area contributed by atoms with Crippen molar-refractivity contribution in [2.45, 2.75) is 18.9 Å². The van der Waals surface area contributed by atoms with Crippen LogP contribution in [0.1, 0.15) is 18.1 Å². The first-order valence-electron chi connectivity index (χ1n) is 12.6. The van der Waals surface area contributed by atoms with Crippen LogP contribution in [0.2, 0.25) is 5.02 Å². The molecule has 3 amide bonds. The number of hydrogen-bond acceptors (Lipinski definition) is 7. The van der Waals surface area contributed by atoms with Crippen LogP contribution in [0.3, 0.4) is 0 Å². The van der Waals surface area contributed by atoms with Gasteiger partial charge in [0.15, 0.2) is 0 Å². The van der Waals surface area contributed by atoms with Crippen LogP contribution in [0, 0.1) is 0 Å². The molecule has 0 radical (unpaired) electrons. The second kappa shape index (κ2) is 9.39. The van der Waals surface area contributed by atoms with Crippen molar-refractivity contribution < 1.29 is 23.9 Å². The van der Waals surface area contributed by atoms with Gasteiger partial charge in [0.1, 0.15) is 22.5 Å². The first-order valence-corrected chi connectivity index (χ1v) is 13.0. The smallest absolute Gasteiger partial charge is 0.339 e. The molecule has 0 aliphatic carbocycles. The number of nitrogens with zero attached hydrogens (tertiary/aromatic N) is 2. The lowest BCUT2D eigenvalue weighted by Gasteiger charge is -2.39. The summed E-state index contributed by atoms with van der Waals surface area (Å²) in [7, 11) is 0. The van der Waals surface area contributed by atoms with Crippen molar-refractivity contribution >= 4 is 46.7 Å². The minimum Gasteiger partial charge on any atom is -0.462 e. The van der Waals surface area contributed by atoms with E-state index < -0.39 is 29.1 Å². The molecule has 3 aromatic rings. The number of esters is 1. The molecule has 3 aromatic carbocycles. The molecule has 0 saturated carbocycles. The molecule has 9 nitrogen and oxygen atoms in total. The van der Waals surface area contributed by atoms with Gasteiger partial charge in [-0.25, -0.2) is 4.79 Å². The third kappa shape index (κ3) is 3.41. The molecule has 10 heteroatoms. The van der Waals surface area contributed by atoms with E-state index in [2.05, 4.69) is 5.32 Å². The minimum absolute atomic E-state index is 0.0139. The van der Waals surface area contributed by atoms with Gasteiger partial charge in [-0.15, -0.1) is 0 Å². The zero-order chi connectivity index (χ0) is 28.2. The second-order valence-corrected chi connectivity index (χ2v) is 9.83. The van der Waals surface area contributed by atoms with Crippen molar-refractivity contribution in [2.75, 3.05) is 16.8 Å². The van der Waals surface area contributed by atoms with E-state index >= 15 is 0 Å². The number of benzene rings is 3. The van der Waals surface area contributed by atoms with Crippen molar-refractivity contribution in [1.82, 2.24) is 4.90 Å².